The molecule has 0 bridgehead atoms. The first-order valence-corrected chi connectivity index (χ1v) is 13.5. The van der Waals surface area contributed by atoms with Gasteiger partial charge in [0.2, 0.25) is 0 Å². The molecule has 4 rings (SSSR count). The molecule has 0 aliphatic rings. The molecule has 0 spiro atoms. The molecule has 0 N–H and O–H groups in total. The monoisotopic (exact) mass is 686 g/mol. The molecule has 2 nitrogen and oxygen atoms in total. The second-order valence-corrected chi connectivity index (χ2v) is 10.8. The number of para-hydroxylation sites is 2. The van der Waals surface area contributed by atoms with Crippen LogP contribution in [0.2, 0.25) is 30.1 Å². The first kappa shape index (κ1) is 30.7. The predicted molar refractivity (Wildman–Crippen MR) is 159 cm³/mol. The van der Waals surface area contributed by atoms with Gasteiger partial charge in [-0.05, 0) is 23.3 Å². The van der Waals surface area contributed by atoms with Gasteiger partial charge in [-0.25, -0.2) is 0 Å². The summed E-state index contributed by atoms with van der Waals surface area (Å²) in [6, 6.07) is 19.9. The van der Waals surface area contributed by atoms with Crippen LogP contribution in [-0.2, 0) is 41.7 Å². The van der Waals surface area contributed by atoms with Gasteiger partial charge in [0.1, 0.15) is 0 Å². The Morgan fingerprint density at radius 1 is 0.486 bits per heavy atom. The quantitative estimate of drug-likeness (QED) is 0.110. The molecule has 11 heteroatoms. The zero-order chi connectivity index (χ0) is 26.0. The van der Waals surface area contributed by atoms with Gasteiger partial charge in [-0.15, -0.1) is 12.1 Å². The normalized spacial score (nSPS) is 12.4. The molecule has 0 heterocycles. The molecule has 0 aromatic heterocycles. The van der Waals surface area contributed by atoms with Crippen LogP contribution in [0.5, 0.6) is 0 Å². The fourth-order valence-electron chi connectivity index (χ4n) is 3.59. The molecule has 4 aromatic rings. The van der Waals surface area contributed by atoms with E-state index in [1.165, 1.54) is 0 Å². The van der Waals surface area contributed by atoms with Gasteiger partial charge in [0.25, 0.3) is 0 Å². The van der Waals surface area contributed by atoms with Crippen LogP contribution in [0.1, 0.15) is 23.2 Å². The molecule has 4 aromatic carbocycles. The molecule has 0 radical (unpaired) electrons. The van der Waals surface area contributed by atoms with Crippen LogP contribution in [0.15, 0.2) is 82.6 Å². The van der Waals surface area contributed by atoms with Crippen LogP contribution in [0, 0.1) is 0 Å². The van der Waals surface area contributed by atoms with Crippen LogP contribution in [0.25, 0.3) is 10.6 Å². The van der Waals surface area contributed by atoms with Gasteiger partial charge in [-0.3, -0.25) is 0 Å². The van der Waals surface area contributed by atoms with Crippen LogP contribution in [0.3, 0.4) is 0 Å². The summed E-state index contributed by atoms with van der Waals surface area (Å²) in [6.45, 7) is 0. The van der Waals surface area contributed by atoms with E-state index in [2.05, 4.69) is 0 Å². The van der Waals surface area contributed by atoms with Gasteiger partial charge in [-0.2, -0.15) is 21.2 Å². The molecule has 196 valence electrons. The van der Waals surface area contributed by atoms with Crippen LogP contribution in [-0.4, -0.2) is 0 Å². The van der Waals surface area contributed by atoms with E-state index in [1.807, 2.05) is 36.4 Å². The smallest absolute Gasteiger partial charge is 0.0780 e. The maximum atomic E-state index is 6.72. The molecule has 0 saturated carbocycles. The van der Waals surface area contributed by atoms with Crippen LogP contribution < -0.4 is 0 Å². The van der Waals surface area contributed by atoms with E-state index in [4.69, 9.17) is 105 Å². The number of nitrogens with zero attached hydrogens (tertiary/aromatic N) is 2. The van der Waals surface area contributed by atoms with Gasteiger partial charge < -0.3 is 35.9 Å². The average Bonchev–Trinajstić information content (AvgIpc) is 2.86. The Hall–Kier alpha value is -0.846. The van der Waals surface area contributed by atoms with Gasteiger partial charge >= 0.3 is 0 Å². The summed E-state index contributed by atoms with van der Waals surface area (Å²) < 4.78 is 0. The van der Waals surface area contributed by atoms with E-state index in [0.717, 1.165) is 0 Å². The fraction of sp³-hybridized carbons (Fsp3) is 0.0769. The second kappa shape index (κ2) is 13.5. The molecule has 0 amide bonds. The summed E-state index contributed by atoms with van der Waals surface area (Å²) in [5, 5.41) is 11.5. The Morgan fingerprint density at radius 2 is 0.838 bits per heavy atom. The average molecular weight is 690 g/mol. The van der Waals surface area contributed by atoms with Gasteiger partial charge in [0.15, 0.2) is 0 Å². The summed E-state index contributed by atoms with van der Waals surface area (Å²) in [5.41, 5.74) is 2.29. The first-order valence-electron chi connectivity index (χ1n) is 10.4. The van der Waals surface area contributed by atoms with E-state index in [0.29, 0.717) is 42.3 Å². The number of benzene rings is 4. The minimum Gasteiger partial charge on any atom is -0.781 e. The zero-order valence-electron chi connectivity index (χ0n) is 18.4. The summed E-state index contributed by atoms with van der Waals surface area (Å²) in [4.78, 5) is 1.11. The maximum absolute atomic E-state index is 6.72. The van der Waals surface area contributed by atoms with Crippen molar-refractivity contribution in [3.05, 3.63) is 125 Å². The fourth-order valence-corrected chi connectivity index (χ4v) is 5.29. The van der Waals surface area contributed by atoms with E-state index < -0.39 is 12.1 Å². The topological polar surface area (TPSA) is 28.2 Å². The van der Waals surface area contributed by atoms with E-state index >= 15 is 0 Å². The second-order valence-electron chi connectivity index (χ2n) is 7.61. The summed E-state index contributed by atoms with van der Waals surface area (Å²) in [7, 11) is 0. The van der Waals surface area contributed by atoms with Gasteiger partial charge in [0, 0.05) is 16.5 Å². The van der Waals surface area contributed by atoms with E-state index in [1.54, 1.807) is 36.4 Å². The number of hydrogen-bond acceptors (Lipinski definition) is 2. The first-order chi connectivity index (χ1) is 17.2. The third kappa shape index (κ3) is 6.84. The standard InChI is InChI=1S/C26H16Cl6N2S2.Ni/c27-15-11-9-13(21(29)23(15)31)25(33-17-5-1-3-7-19(17)35)26(34-18-6-2-4-8-20(18)36)14-10-12-16(28)24(32)22(14)30;/h1-12,25-26,35-36H;/q-2;/p-2. The molecule has 0 fully saturated rings. The Balaban J connectivity index is 0.00000380. The number of halogens is 6. The van der Waals surface area contributed by atoms with Gasteiger partial charge in [-0.1, -0.05) is 130 Å². The van der Waals surface area contributed by atoms with Crippen molar-refractivity contribution >= 4 is 106 Å². The largest absolute Gasteiger partial charge is 0.781 e. The van der Waals surface area contributed by atoms with Crippen molar-refractivity contribution in [3.8, 4) is 0 Å². The molecular weight excluding hydrogens is 676 g/mol. The van der Waals surface area contributed by atoms with Crippen molar-refractivity contribution in [1.82, 2.24) is 0 Å². The minimum atomic E-state index is -0.735. The molecule has 37 heavy (non-hydrogen) atoms. The Labute approximate surface area is 267 Å². The molecule has 0 aliphatic heterocycles. The third-order valence-electron chi connectivity index (χ3n) is 5.35. The molecule has 2 unspecified atom stereocenters. The molecule has 0 saturated heterocycles. The molecule has 0 aliphatic carbocycles. The third-order valence-corrected chi connectivity index (χ3v) is 8.66. The predicted octanol–water partition coefficient (Wildman–Crippen LogP) is 11.6. The maximum Gasteiger partial charge on any atom is 0.0780 e. The van der Waals surface area contributed by atoms with Crippen LogP contribution in [0.4, 0.5) is 11.4 Å². The SMILES string of the molecule is [Ni].[S-]c1ccccc1[N-]C(c1ccc(Cl)c(Cl)c1Cl)C([N-]c1ccccc1[S-])c1ccc(Cl)c(Cl)c1Cl. The Bertz CT molecular complexity index is 1320. The Kier molecular flexibility index (Phi) is 11.2. The summed E-state index contributed by atoms with van der Waals surface area (Å²) >= 11 is 49.8. The van der Waals surface area contributed by atoms with Crippen molar-refractivity contribution in [2.45, 2.75) is 21.9 Å². The summed E-state index contributed by atoms with van der Waals surface area (Å²) in [6.07, 6.45) is 0. The van der Waals surface area contributed by atoms with Crippen LogP contribution >= 0.6 is 69.6 Å². The van der Waals surface area contributed by atoms with Crippen molar-refractivity contribution in [2.24, 2.45) is 0 Å². The van der Waals surface area contributed by atoms with E-state index in [-0.39, 0.29) is 36.6 Å². The van der Waals surface area contributed by atoms with E-state index in [9.17, 15) is 0 Å². The van der Waals surface area contributed by atoms with Crippen molar-refractivity contribution in [2.75, 3.05) is 0 Å². The van der Waals surface area contributed by atoms with Crippen molar-refractivity contribution in [1.29, 1.82) is 0 Å². The minimum absolute atomic E-state index is 0. The zero-order valence-corrected chi connectivity index (χ0v) is 25.5. The van der Waals surface area contributed by atoms with Gasteiger partial charge in [0.05, 0.1) is 30.1 Å². The van der Waals surface area contributed by atoms with Crippen molar-refractivity contribution < 1.29 is 16.5 Å². The summed E-state index contributed by atoms with van der Waals surface area (Å²) in [5.74, 6) is 0. The molecule has 2 atom stereocenters. The number of hydrogen-bond donors (Lipinski definition) is 0. The van der Waals surface area contributed by atoms with Crippen molar-refractivity contribution in [3.63, 3.8) is 0 Å². The molecular formula is C26H14Cl6N2NiS2-4. The number of rotatable bonds is 7. The Morgan fingerprint density at radius 3 is 1.19 bits per heavy atom.